The number of carbonyl (C=O) groups excluding carboxylic acids is 2. The van der Waals surface area contributed by atoms with Crippen LogP contribution in [0, 0.1) is 0 Å². The van der Waals surface area contributed by atoms with Crippen molar-refractivity contribution in [3.63, 3.8) is 0 Å². The van der Waals surface area contributed by atoms with E-state index in [9.17, 15) is 9.59 Å². The maximum atomic E-state index is 11.0. The number of nitrogens with zero attached hydrogens (tertiary/aromatic N) is 6. The van der Waals surface area contributed by atoms with Gasteiger partial charge in [-0.15, -0.1) is 0 Å². The molecule has 0 radical (unpaired) electrons. The summed E-state index contributed by atoms with van der Waals surface area (Å²) in [6, 6.07) is 0. The molecule has 8 nitrogen and oxygen atoms in total. The van der Waals surface area contributed by atoms with Crippen molar-refractivity contribution in [2.45, 2.75) is 12.8 Å². The fourth-order valence-electron chi connectivity index (χ4n) is 0.906. The van der Waals surface area contributed by atoms with Crippen molar-refractivity contribution in [2.75, 3.05) is 0 Å². The van der Waals surface area contributed by atoms with Gasteiger partial charge in [0.25, 0.3) is 11.8 Å². The van der Waals surface area contributed by atoms with Crippen molar-refractivity contribution < 1.29 is 9.59 Å². The maximum Gasteiger partial charge on any atom is 0.271 e. The van der Waals surface area contributed by atoms with Crippen LogP contribution < -0.4 is 0 Å². The van der Waals surface area contributed by atoms with Crippen LogP contribution in [0.2, 0.25) is 0 Å². The quantitative estimate of drug-likeness (QED) is 0.565. The summed E-state index contributed by atoms with van der Waals surface area (Å²) < 4.78 is 0. The van der Waals surface area contributed by atoms with Gasteiger partial charge in [-0.05, 0) is 10.4 Å². The van der Waals surface area contributed by atoms with Crippen LogP contribution >= 0.6 is 0 Å². The molecule has 0 N–H and O–H groups in total. The molecule has 0 atom stereocenters. The van der Waals surface area contributed by atoms with Crippen LogP contribution in [0.25, 0.3) is 0 Å². The Morgan fingerprint density at radius 3 is 1.71 bits per heavy atom. The topological polar surface area (TPSA) is 90.1 Å². The Morgan fingerprint density at radius 1 is 1.00 bits per heavy atom. The Bertz CT molecular complexity index is 325. The second kappa shape index (κ2) is 3.32. The first-order valence-electron chi connectivity index (χ1n) is 3.90. The van der Waals surface area contributed by atoms with Crippen LogP contribution in [0.4, 0.5) is 0 Å². The first kappa shape index (κ1) is 8.48. The van der Waals surface area contributed by atoms with E-state index in [0.717, 1.165) is 10.2 Å². The lowest BCUT2D eigenvalue weighted by Gasteiger charge is -2.04. The van der Waals surface area contributed by atoms with E-state index in [1.165, 1.54) is 12.4 Å². The van der Waals surface area contributed by atoms with Crippen molar-refractivity contribution in [3.8, 4) is 0 Å². The van der Waals surface area contributed by atoms with E-state index < -0.39 is 0 Å². The predicted molar refractivity (Wildman–Crippen MR) is 44.8 cm³/mol. The van der Waals surface area contributed by atoms with Gasteiger partial charge >= 0.3 is 0 Å². The molecule has 0 aliphatic carbocycles. The van der Waals surface area contributed by atoms with Crippen LogP contribution in [-0.2, 0) is 9.59 Å². The van der Waals surface area contributed by atoms with E-state index in [4.69, 9.17) is 0 Å². The van der Waals surface area contributed by atoms with Crippen molar-refractivity contribution in [2.24, 2.45) is 20.6 Å². The van der Waals surface area contributed by atoms with Gasteiger partial charge in [-0.1, -0.05) is 10.2 Å². The molecule has 2 heterocycles. The van der Waals surface area contributed by atoms with Gasteiger partial charge in [-0.25, -0.2) is 0 Å². The standard InChI is InChI=1S/C6H6N6O2/c13-5-1-3-7-11(5)9-10-12-6(14)2-4-8-12/h3-4H,1-2H2. The largest absolute Gasteiger partial charge is 0.271 e. The molecule has 2 aliphatic heterocycles. The summed E-state index contributed by atoms with van der Waals surface area (Å²) in [5.74, 6) is -0.575. The molecule has 2 amide bonds. The SMILES string of the molecule is O=C1CC=NN1N=NN1N=CCC1=O. The third-order valence-electron chi connectivity index (χ3n) is 1.57. The zero-order valence-electron chi connectivity index (χ0n) is 7.07. The molecule has 72 valence electrons. The molecule has 0 saturated heterocycles. The number of carbonyl (C=O) groups is 2. The monoisotopic (exact) mass is 194 g/mol. The number of amides is 2. The molecule has 0 aromatic heterocycles. The summed E-state index contributed by atoms with van der Waals surface area (Å²) in [6.07, 6.45) is 3.24. The van der Waals surface area contributed by atoms with Gasteiger partial charge in [0.1, 0.15) is 0 Å². The summed E-state index contributed by atoms with van der Waals surface area (Å²) in [5, 5.41) is 15.7. The highest BCUT2D eigenvalue weighted by Crippen LogP contribution is 2.07. The van der Waals surface area contributed by atoms with Crippen LogP contribution in [0.1, 0.15) is 12.8 Å². The van der Waals surface area contributed by atoms with E-state index in [0.29, 0.717) is 0 Å². The molecule has 14 heavy (non-hydrogen) atoms. The van der Waals surface area contributed by atoms with E-state index >= 15 is 0 Å². The van der Waals surface area contributed by atoms with Crippen molar-refractivity contribution in [1.29, 1.82) is 0 Å². The van der Waals surface area contributed by atoms with E-state index in [2.05, 4.69) is 20.6 Å². The van der Waals surface area contributed by atoms with Crippen molar-refractivity contribution in [1.82, 2.24) is 10.2 Å². The molecule has 0 spiro atoms. The summed E-state index contributed by atoms with van der Waals surface area (Å²) in [5.41, 5.74) is 0. The maximum absolute atomic E-state index is 11.0. The molecule has 2 aliphatic rings. The molecule has 0 unspecified atom stereocenters. The van der Waals surface area contributed by atoms with Gasteiger partial charge in [0.05, 0.1) is 12.8 Å². The molecule has 0 fully saturated rings. The summed E-state index contributed by atoms with van der Waals surface area (Å²) in [4.78, 5) is 21.9. The fraction of sp³-hybridized carbons (Fsp3) is 0.333. The summed E-state index contributed by atoms with van der Waals surface area (Å²) in [7, 11) is 0. The fourth-order valence-corrected chi connectivity index (χ4v) is 0.906. The van der Waals surface area contributed by atoms with Gasteiger partial charge in [-0.2, -0.15) is 10.2 Å². The van der Waals surface area contributed by atoms with Crippen LogP contribution in [0.5, 0.6) is 0 Å². The number of hydrogen-bond acceptors (Lipinski definition) is 6. The highest BCUT2D eigenvalue weighted by Gasteiger charge is 2.19. The predicted octanol–water partition coefficient (Wildman–Crippen LogP) is -0.295. The normalized spacial score (nSPS) is 20.9. The Hall–Kier alpha value is -2.12. The zero-order valence-corrected chi connectivity index (χ0v) is 7.07. The van der Waals surface area contributed by atoms with Crippen LogP contribution in [0.15, 0.2) is 20.6 Å². The minimum absolute atomic E-state index is 0.205. The minimum atomic E-state index is -0.288. The Morgan fingerprint density at radius 2 is 1.43 bits per heavy atom. The zero-order chi connectivity index (χ0) is 9.97. The Labute approximate surface area is 78.5 Å². The number of hydrazone groups is 2. The van der Waals surface area contributed by atoms with Gasteiger partial charge in [0, 0.05) is 12.4 Å². The smallest absolute Gasteiger partial charge is 0.270 e. The number of hydrogen-bond donors (Lipinski definition) is 0. The average Bonchev–Trinajstić information content (AvgIpc) is 2.72. The lowest BCUT2D eigenvalue weighted by molar-refractivity contribution is -0.132. The van der Waals surface area contributed by atoms with E-state index in [-0.39, 0.29) is 24.7 Å². The number of rotatable bonds is 2. The highest BCUT2D eigenvalue weighted by atomic mass is 16.2. The van der Waals surface area contributed by atoms with Gasteiger partial charge < -0.3 is 0 Å². The first-order chi connectivity index (χ1) is 6.77. The Balaban J connectivity index is 1.99. The third-order valence-corrected chi connectivity index (χ3v) is 1.57. The summed E-state index contributed by atoms with van der Waals surface area (Å²) >= 11 is 0. The van der Waals surface area contributed by atoms with Gasteiger partial charge in [0.2, 0.25) is 0 Å². The van der Waals surface area contributed by atoms with Crippen molar-refractivity contribution in [3.05, 3.63) is 0 Å². The molecule has 0 aromatic rings. The molecule has 0 bridgehead atoms. The minimum Gasteiger partial charge on any atom is -0.270 e. The second-order valence-corrected chi connectivity index (χ2v) is 2.55. The lowest BCUT2D eigenvalue weighted by atomic mass is 10.5. The lowest BCUT2D eigenvalue weighted by Crippen LogP contribution is -2.17. The second-order valence-electron chi connectivity index (χ2n) is 2.55. The van der Waals surface area contributed by atoms with E-state index in [1.54, 1.807) is 0 Å². The van der Waals surface area contributed by atoms with Crippen LogP contribution in [-0.4, -0.2) is 34.5 Å². The van der Waals surface area contributed by atoms with Crippen LogP contribution in [0.3, 0.4) is 0 Å². The molecule has 8 heteroatoms. The average molecular weight is 194 g/mol. The third kappa shape index (κ3) is 1.49. The van der Waals surface area contributed by atoms with Gasteiger partial charge in [-0.3, -0.25) is 9.59 Å². The molecule has 2 rings (SSSR count). The molecule has 0 saturated carbocycles. The van der Waals surface area contributed by atoms with Crippen molar-refractivity contribution >= 4 is 24.2 Å². The highest BCUT2D eigenvalue weighted by molar-refractivity contribution is 5.94. The molecule has 0 aromatic carbocycles. The van der Waals surface area contributed by atoms with E-state index in [1.807, 2.05) is 0 Å². The van der Waals surface area contributed by atoms with Gasteiger partial charge in [0.15, 0.2) is 0 Å². The molecular formula is C6H6N6O2. The summed E-state index contributed by atoms with van der Waals surface area (Å²) in [6.45, 7) is 0. The molecular weight excluding hydrogens is 188 g/mol. The first-order valence-corrected chi connectivity index (χ1v) is 3.90. The Kier molecular flexibility index (Phi) is 2.01.